The first-order valence-electron chi connectivity index (χ1n) is 8.62. The topological polar surface area (TPSA) is 84.5 Å². The molecule has 27 heavy (non-hydrogen) atoms. The maximum absolute atomic E-state index is 12.8. The highest BCUT2D eigenvalue weighted by atomic mass is 79.9. The fraction of sp³-hybridized carbons (Fsp3) is 0.316. The molecule has 0 aromatic heterocycles. The van der Waals surface area contributed by atoms with Crippen molar-refractivity contribution in [2.24, 2.45) is 0 Å². The van der Waals surface area contributed by atoms with Crippen LogP contribution in [0, 0.1) is 6.92 Å². The lowest BCUT2D eigenvalue weighted by molar-refractivity contribution is -0.116. The number of rotatable bonds is 8. The summed E-state index contributed by atoms with van der Waals surface area (Å²) in [6.07, 6.45) is 1.10. The third-order valence-corrected chi connectivity index (χ3v) is 5.87. The van der Waals surface area contributed by atoms with Gasteiger partial charge in [-0.3, -0.25) is 9.52 Å². The number of anilines is 2. The van der Waals surface area contributed by atoms with Gasteiger partial charge in [-0.25, -0.2) is 8.42 Å². The van der Waals surface area contributed by atoms with Crippen LogP contribution in [-0.2, 0) is 14.8 Å². The number of carbonyl (C=O) groups excluding carboxylic acids is 1. The lowest BCUT2D eigenvalue weighted by Gasteiger charge is -2.14. The molecule has 0 spiro atoms. The lowest BCUT2D eigenvalue weighted by Crippen LogP contribution is -2.16. The summed E-state index contributed by atoms with van der Waals surface area (Å²) in [5.74, 6) is 0.491. The van der Waals surface area contributed by atoms with E-state index in [0.29, 0.717) is 40.2 Å². The molecule has 2 aromatic carbocycles. The first-order valence-corrected chi connectivity index (χ1v) is 10.9. The van der Waals surface area contributed by atoms with Crippen molar-refractivity contribution in [2.45, 2.75) is 38.5 Å². The van der Waals surface area contributed by atoms with Gasteiger partial charge >= 0.3 is 0 Å². The number of aryl methyl sites for hydroxylation is 1. The Hall–Kier alpha value is -2.06. The monoisotopic (exact) mass is 454 g/mol. The second-order valence-corrected chi connectivity index (χ2v) is 8.47. The largest absolute Gasteiger partial charge is 0.493 e. The van der Waals surface area contributed by atoms with Crippen LogP contribution in [0.2, 0.25) is 0 Å². The van der Waals surface area contributed by atoms with Gasteiger partial charge in [0.05, 0.1) is 21.7 Å². The number of hydrogen-bond acceptors (Lipinski definition) is 4. The second kappa shape index (κ2) is 9.23. The third-order valence-electron chi connectivity index (χ3n) is 3.72. The molecule has 0 bridgehead atoms. The molecule has 0 unspecified atom stereocenters. The van der Waals surface area contributed by atoms with Gasteiger partial charge in [-0.1, -0.05) is 13.0 Å². The second-order valence-electron chi connectivity index (χ2n) is 5.96. The summed E-state index contributed by atoms with van der Waals surface area (Å²) in [7, 11) is -3.82. The number of amides is 1. The van der Waals surface area contributed by atoms with Crippen LogP contribution in [0.5, 0.6) is 5.75 Å². The molecule has 0 aliphatic rings. The molecule has 2 aromatic rings. The van der Waals surface area contributed by atoms with Gasteiger partial charge in [0.25, 0.3) is 10.0 Å². The molecule has 2 N–H and O–H groups in total. The number of hydrogen-bond donors (Lipinski definition) is 2. The van der Waals surface area contributed by atoms with E-state index in [9.17, 15) is 13.2 Å². The van der Waals surface area contributed by atoms with Gasteiger partial charge in [-0.05, 0) is 72.1 Å². The van der Waals surface area contributed by atoms with E-state index in [0.717, 1.165) is 6.42 Å². The zero-order valence-electron chi connectivity index (χ0n) is 15.5. The van der Waals surface area contributed by atoms with Gasteiger partial charge in [0.1, 0.15) is 5.75 Å². The lowest BCUT2D eigenvalue weighted by atomic mass is 10.2. The molecule has 0 atom stereocenters. The van der Waals surface area contributed by atoms with Crippen molar-refractivity contribution in [3.8, 4) is 5.75 Å². The molecule has 2 rings (SSSR count). The summed E-state index contributed by atoms with van der Waals surface area (Å²) in [6.45, 7) is 6.00. The summed E-state index contributed by atoms with van der Waals surface area (Å²) in [5.41, 5.74) is 1.44. The van der Waals surface area contributed by atoms with E-state index in [4.69, 9.17) is 4.74 Å². The molecule has 0 fully saturated rings. The Labute approximate surface area is 168 Å². The van der Waals surface area contributed by atoms with E-state index in [1.54, 1.807) is 37.3 Å². The Kier molecular flexibility index (Phi) is 7.26. The summed E-state index contributed by atoms with van der Waals surface area (Å²) in [6, 6.07) is 9.80. The standard InChI is InChI=1S/C19H23BrN2O4S/c1-4-6-19(23)21-14-8-7-13(3)18(12-14)27(24,25)22-15-9-10-17(26-5-2)16(20)11-15/h7-12,22H,4-6H2,1-3H3,(H,21,23). The quantitative estimate of drug-likeness (QED) is 0.605. The first-order chi connectivity index (χ1) is 12.8. The number of sulfonamides is 1. The SMILES string of the molecule is CCCC(=O)Nc1ccc(C)c(S(=O)(=O)Nc2ccc(OCC)c(Br)c2)c1. The van der Waals surface area contributed by atoms with Crippen molar-refractivity contribution in [1.29, 1.82) is 0 Å². The Morgan fingerprint density at radius 2 is 1.81 bits per heavy atom. The Balaban J connectivity index is 2.28. The van der Waals surface area contributed by atoms with Crippen molar-refractivity contribution in [2.75, 3.05) is 16.6 Å². The number of benzene rings is 2. The molecule has 0 aliphatic carbocycles. The molecular weight excluding hydrogens is 432 g/mol. The predicted molar refractivity (Wildman–Crippen MR) is 111 cm³/mol. The minimum absolute atomic E-state index is 0.113. The molecule has 6 nitrogen and oxygen atoms in total. The van der Waals surface area contributed by atoms with Crippen molar-refractivity contribution >= 4 is 43.2 Å². The maximum Gasteiger partial charge on any atom is 0.262 e. The highest BCUT2D eigenvalue weighted by Crippen LogP contribution is 2.30. The zero-order chi connectivity index (χ0) is 20.0. The minimum atomic E-state index is -3.82. The van der Waals surface area contributed by atoms with Crippen molar-refractivity contribution in [3.63, 3.8) is 0 Å². The van der Waals surface area contributed by atoms with Crippen LogP contribution in [-0.4, -0.2) is 20.9 Å². The van der Waals surface area contributed by atoms with Crippen molar-refractivity contribution in [3.05, 3.63) is 46.4 Å². The average Bonchev–Trinajstić information content (AvgIpc) is 2.59. The fourth-order valence-electron chi connectivity index (χ4n) is 2.46. The van der Waals surface area contributed by atoms with E-state index in [1.807, 2.05) is 13.8 Å². The molecule has 0 saturated heterocycles. The van der Waals surface area contributed by atoms with E-state index < -0.39 is 10.0 Å². The van der Waals surface area contributed by atoms with E-state index >= 15 is 0 Å². The van der Waals surface area contributed by atoms with E-state index in [1.165, 1.54) is 6.07 Å². The van der Waals surface area contributed by atoms with Crippen LogP contribution < -0.4 is 14.8 Å². The Morgan fingerprint density at radius 1 is 1.11 bits per heavy atom. The molecule has 0 radical (unpaired) electrons. The number of ether oxygens (including phenoxy) is 1. The van der Waals surface area contributed by atoms with Gasteiger partial charge in [-0.2, -0.15) is 0 Å². The van der Waals surface area contributed by atoms with Gasteiger partial charge in [0.2, 0.25) is 5.91 Å². The van der Waals surface area contributed by atoms with Crippen molar-refractivity contribution < 1.29 is 17.9 Å². The highest BCUT2D eigenvalue weighted by Gasteiger charge is 2.19. The normalized spacial score (nSPS) is 11.1. The van der Waals surface area contributed by atoms with E-state index in [-0.39, 0.29) is 10.8 Å². The third kappa shape index (κ3) is 5.71. The van der Waals surface area contributed by atoms with Crippen LogP contribution in [0.25, 0.3) is 0 Å². The Morgan fingerprint density at radius 3 is 2.44 bits per heavy atom. The maximum atomic E-state index is 12.8. The highest BCUT2D eigenvalue weighted by molar-refractivity contribution is 9.10. The van der Waals surface area contributed by atoms with Crippen LogP contribution in [0.15, 0.2) is 45.8 Å². The van der Waals surface area contributed by atoms with Gasteiger partial charge in [0.15, 0.2) is 0 Å². The van der Waals surface area contributed by atoms with Crippen LogP contribution >= 0.6 is 15.9 Å². The fourth-order valence-corrected chi connectivity index (χ4v) is 4.28. The summed E-state index contributed by atoms with van der Waals surface area (Å²) < 4.78 is 34.3. The Bertz CT molecular complexity index is 929. The van der Waals surface area contributed by atoms with Gasteiger partial charge in [-0.15, -0.1) is 0 Å². The minimum Gasteiger partial charge on any atom is -0.493 e. The number of carbonyl (C=O) groups is 1. The van der Waals surface area contributed by atoms with Crippen LogP contribution in [0.3, 0.4) is 0 Å². The van der Waals surface area contributed by atoms with Crippen LogP contribution in [0.1, 0.15) is 32.3 Å². The molecule has 146 valence electrons. The molecule has 0 heterocycles. The van der Waals surface area contributed by atoms with E-state index in [2.05, 4.69) is 26.0 Å². The smallest absolute Gasteiger partial charge is 0.262 e. The molecule has 1 amide bonds. The average molecular weight is 455 g/mol. The first kappa shape index (κ1) is 21.2. The van der Waals surface area contributed by atoms with Gasteiger partial charge in [0, 0.05) is 12.1 Å². The molecule has 0 aliphatic heterocycles. The number of halogens is 1. The predicted octanol–water partition coefficient (Wildman–Crippen LogP) is 4.70. The number of nitrogens with one attached hydrogen (secondary N) is 2. The molecule has 8 heteroatoms. The van der Waals surface area contributed by atoms with Crippen molar-refractivity contribution in [1.82, 2.24) is 0 Å². The van der Waals surface area contributed by atoms with Gasteiger partial charge < -0.3 is 10.1 Å². The zero-order valence-corrected chi connectivity index (χ0v) is 17.9. The summed E-state index contributed by atoms with van der Waals surface area (Å²) >= 11 is 3.37. The molecule has 0 saturated carbocycles. The summed E-state index contributed by atoms with van der Waals surface area (Å²) in [5, 5.41) is 2.72. The van der Waals surface area contributed by atoms with Crippen LogP contribution in [0.4, 0.5) is 11.4 Å². The molecular formula is C19H23BrN2O4S. The summed E-state index contributed by atoms with van der Waals surface area (Å²) in [4.78, 5) is 11.9.